The Kier molecular flexibility index (Phi) is 5.19. The van der Waals surface area contributed by atoms with Crippen molar-refractivity contribution in [2.75, 3.05) is 13.2 Å². The number of hydrogen-bond donors (Lipinski definition) is 2. The molecule has 116 valence electrons. The van der Waals surface area contributed by atoms with E-state index in [-0.39, 0.29) is 30.2 Å². The number of rotatable bonds is 6. The van der Waals surface area contributed by atoms with Crippen LogP contribution in [0.25, 0.3) is 0 Å². The summed E-state index contributed by atoms with van der Waals surface area (Å²) in [6.45, 7) is 1.95. The number of hydrogen-bond acceptors (Lipinski definition) is 5. The molecule has 2 N–H and O–H groups in total. The second kappa shape index (κ2) is 7.10. The molecule has 1 amide bonds. The highest BCUT2D eigenvalue weighted by atomic mass is 16.5. The lowest BCUT2D eigenvalue weighted by Gasteiger charge is -2.28. The van der Waals surface area contributed by atoms with Crippen LogP contribution in [0.15, 0.2) is 10.6 Å². The molecule has 1 aliphatic carbocycles. The molecule has 7 heteroatoms. The maximum atomic E-state index is 11.7. The number of carboxylic acid groups (broad SMARTS) is 1. The lowest BCUT2D eigenvalue weighted by molar-refractivity contribution is -0.145. The van der Waals surface area contributed by atoms with E-state index in [1.807, 2.05) is 0 Å². The van der Waals surface area contributed by atoms with Gasteiger partial charge in [0.2, 0.25) is 0 Å². The van der Waals surface area contributed by atoms with Crippen LogP contribution in [0.1, 0.15) is 31.4 Å². The molecule has 0 bridgehead atoms. The highest BCUT2D eigenvalue weighted by Crippen LogP contribution is 2.29. The second-order valence-corrected chi connectivity index (χ2v) is 5.36. The van der Waals surface area contributed by atoms with Crippen LogP contribution in [0.3, 0.4) is 0 Å². The second-order valence-electron chi connectivity index (χ2n) is 5.36. The van der Waals surface area contributed by atoms with Crippen LogP contribution in [0.2, 0.25) is 0 Å². The zero-order chi connectivity index (χ0) is 15.2. The Hall–Kier alpha value is -2.05. The summed E-state index contributed by atoms with van der Waals surface area (Å²) in [5.74, 6) is -0.554. The Bertz CT molecular complexity index is 499. The van der Waals surface area contributed by atoms with Gasteiger partial charge in [0, 0.05) is 12.6 Å². The lowest BCUT2D eigenvalue weighted by atomic mass is 9.79. The number of nitrogens with one attached hydrogen (secondary N) is 1. The van der Waals surface area contributed by atoms with Crippen molar-refractivity contribution in [3.63, 3.8) is 0 Å². The maximum absolute atomic E-state index is 11.7. The number of nitrogens with zero attached hydrogens (tertiary/aromatic N) is 1. The van der Waals surface area contributed by atoms with Gasteiger partial charge in [-0.2, -0.15) is 0 Å². The first-order valence-corrected chi connectivity index (χ1v) is 7.12. The van der Waals surface area contributed by atoms with E-state index in [0.717, 1.165) is 19.3 Å². The zero-order valence-corrected chi connectivity index (χ0v) is 12.0. The summed E-state index contributed by atoms with van der Waals surface area (Å²) in [5.41, 5.74) is 0. The molecule has 21 heavy (non-hydrogen) atoms. The molecule has 1 saturated carbocycles. The predicted molar refractivity (Wildman–Crippen MR) is 72.8 cm³/mol. The minimum absolute atomic E-state index is 0.00510. The number of ether oxygens (including phenoxy) is 1. The molecule has 0 saturated heterocycles. The van der Waals surface area contributed by atoms with Crippen LogP contribution >= 0.6 is 0 Å². The third-order valence-electron chi connectivity index (χ3n) is 3.75. The summed E-state index contributed by atoms with van der Waals surface area (Å²) in [5, 5.41) is 15.5. The molecular weight excluding hydrogens is 276 g/mol. The summed E-state index contributed by atoms with van der Waals surface area (Å²) in [6.07, 6.45) is 3.47. The van der Waals surface area contributed by atoms with Crippen LogP contribution in [0, 0.1) is 18.8 Å². The fourth-order valence-corrected chi connectivity index (χ4v) is 2.62. The highest BCUT2D eigenvalue weighted by molar-refractivity contribution is 5.77. The van der Waals surface area contributed by atoms with Crippen molar-refractivity contribution in [3.05, 3.63) is 11.8 Å². The Labute approximate surface area is 122 Å². The van der Waals surface area contributed by atoms with Gasteiger partial charge in [0.05, 0.1) is 5.92 Å². The third kappa shape index (κ3) is 4.47. The predicted octanol–water partition coefficient (Wildman–Crippen LogP) is 1.37. The smallest absolute Gasteiger partial charge is 0.306 e. The minimum Gasteiger partial charge on any atom is -0.481 e. The molecule has 2 unspecified atom stereocenters. The topological polar surface area (TPSA) is 102 Å². The van der Waals surface area contributed by atoms with Gasteiger partial charge in [0.1, 0.15) is 5.76 Å². The fraction of sp³-hybridized carbons (Fsp3) is 0.643. The van der Waals surface area contributed by atoms with Gasteiger partial charge in [-0.1, -0.05) is 12.8 Å². The van der Waals surface area contributed by atoms with Gasteiger partial charge in [0.15, 0.2) is 6.61 Å². The van der Waals surface area contributed by atoms with Gasteiger partial charge in [0.25, 0.3) is 11.8 Å². The zero-order valence-electron chi connectivity index (χ0n) is 12.0. The van der Waals surface area contributed by atoms with Gasteiger partial charge in [-0.25, -0.2) is 0 Å². The molecule has 1 aromatic rings. The Balaban J connectivity index is 1.73. The number of aliphatic carboxylic acids is 1. The lowest BCUT2D eigenvalue weighted by Crippen LogP contribution is -2.38. The van der Waals surface area contributed by atoms with Crippen molar-refractivity contribution >= 4 is 11.9 Å². The molecule has 2 atom stereocenters. The van der Waals surface area contributed by atoms with Crippen LogP contribution < -0.4 is 10.1 Å². The molecule has 1 aromatic heterocycles. The largest absolute Gasteiger partial charge is 0.481 e. The van der Waals surface area contributed by atoms with Crippen molar-refractivity contribution in [3.8, 4) is 5.88 Å². The molecule has 0 aromatic carbocycles. The monoisotopic (exact) mass is 296 g/mol. The number of carboxylic acids is 1. The highest BCUT2D eigenvalue weighted by Gasteiger charge is 2.30. The Morgan fingerprint density at radius 2 is 2.24 bits per heavy atom. The average molecular weight is 296 g/mol. The van der Waals surface area contributed by atoms with E-state index in [0.29, 0.717) is 18.7 Å². The standard InChI is InChI=1S/C14H20N2O5/c1-9-6-13(16-21-9)20-8-12(17)15-7-10-4-2-3-5-11(10)14(18)19/h6,10-11H,2-5,7-8H2,1H3,(H,15,17)(H,18,19). The number of carbonyl (C=O) groups is 2. The van der Waals surface area contributed by atoms with Gasteiger partial charge in [-0.05, 0) is 30.8 Å². The van der Waals surface area contributed by atoms with Crippen molar-refractivity contribution < 1.29 is 24.0 Å². The van der Waals surface area contributed by atoms with Crippen LogP contribution in [0.4, 0.5) is 0 Å². The normalized spacial score (nSPS) is 21.8. The molecule has 2 rings (SSSR count). The fourth-order valence-electron chi connectivity index (χ4n) is 2.62. The average Bonchev–Trinajstić information content (AvgIpc) is 2.88. The summed E-state index contributed by atoms with van der Waals surface area (Å²) in [7, 11) is 0. The SMILES string of the molecule is Cc1cc(OCC(=O)NCC2CCCCC2C(=O)O)no1. The number of aryl methyl sites for hydroxylation is 1. The van der Waals surface area contributed by atoms with E-state index < -0.39 is 5.97 Å². The Morgan fingerprint density at radius 3 is 2.90 bits per heavy atom. The van der Waals surface area contributed by atoms with Gasteiger partial charge < -0.3 is 19.7 Å². The van der Waals surface area contributed by atoms with E-state index in [4.69, 9.17) is 9.26 Å². The van der Waals surface area contributed by atoms with Crippen molar-refractivity contribution in [1.82, 2.24) is 10.5 Å². The molecular formula is C14H20N2O5. The van der Waals surface area contributed by atoms with E-state index in [1.54, 1.807) is 13.0 Å². The molecule has 7 nitrogen and oxygen atoms in total. The minimum atomic E-state index is -0.775. The molecule has 1 heterocycles. The van der Waals surface area contributed by atoms with Crippen LogP contribution in [-0.4, -0.2) is 35.3 Å². The van der Waals surface area contributed by atoms with E-state index in [2.05, 4.69) is 10.5 Å². The molecule has 1 fully saturated rings. The van der Waals surface area contributed by atoms with Crippen molar-refractivity contribution in [1.29, 1.82) is 0 Å². The summed E-state index contributed by atoms with van der Waals surface area (Å²) >= 11 is 0. The summed E-state index contributed by atoms with van der Waals surface area (Å²) < 4.78 is 9.99. The third-order valence-corrected chi connectivity index (χ3v) is 3.75. The first kappa shape index (κ1) is 15.3. The van der Waals surface area contributed by atoms with Crippen LogP contribution in [0.5, 0.6) is 5.88 Å². The van der Waals surface area contributed by atoms with Crippen molar-refractivity contribution in [2.24, 2.45) is 11.8 Å². The van der Waals surface area contributed by atoms with Gasteiger partial charge in [-0.3, -0.25) is 9.59 Å². The first-order chi connectivity index (χ1) is 10.1. The van der Waals surface area contributed by atoms with Gasteiger partial charge in [-0.15, -0.1) is 0 Å². The quantitative estimate of drug-likeness (QED) is 0.822. The molecule has 0 aliphatic heterocycles. The maximum Gasteiger partial charge on any atom is 0.306 e. The van der Waals surface area contributed by atoms with Crippen LogP contribution in [-0.2, 0) is 9.59 Å². The summed E-state index contributed by atoms with van der Waals surface area (Å²) in [6, 6.07) is 1.59. The van der Waals surface area contributed by atoms with E-state index in [1.165, 1.54) is 0 Å². The molecule has 0 radical (unpaired) electrons. The number of amides is 1. The van der Waals surface area contributed by atoms with Crippen molar-refractivity contribution in [2.45, 2.75) is 32.6 Å². The van der Waals surface area contributed by atoms with Gasteiger partial charge >= 0.3 is 5.97 Å². The molecule has 1 aliphatic rings. The number of carbonyl (C=O) groups excluding carboxylic acids is 1. The summed E-state index contributed by atoms with van der Waals surface area (Å²) in [4.78, 5) is 22.9. The Morgan fingerprint density at radius 1 is 1.48 bits per heavy atom. The number of aromatic nitrogens is 1. The molecule has 0 spiro atoms. The first-order valence-electron chi connectivity index (χ1n) is 7.12. The van der Waals surface area contributed by atoms with E-state index in [9.17, 15) is 14.7 Å². The van der Waals surface area contributed by atoms with E-state index >= 15 is 0 Å².